The Labute approximate surface area is 425 Å². The Bertz CT molecular complexity index is 2330. The lowest BCUT2D eigenvalue weighted by Gasteiger charge is -2.47. The minimum atomic E-state index is -0.643. The number of halogens is 4. The first-order chi connectivity index (χ1) is 33.2. The smallest absolute Gasteiger partial charge is 0.360 e. The van der Waals surface area contributed by atoms with Crippen LogP contribution in [-0.2, 0) is 27.4 Å². The number of nitrogens with two attached hydrogens (primary N) is 2. The zero-order valence-electron chi connectivity index (χ0n) is 39.8. The fourth-order valence-electron chi connectivity index (χ4n) is 9.00. The maximum absolute atomic E-state index is 11.8. The first kappa shape index (κ1) is 53.8. The lowest BCUT2D eigenvalue weighted by molar-refractivity contribution is -0.121. The number of hydrogen-bond acceptors (Lipinski definition) is 17. The number of carbonyl (C=O) groups excluding carboxylic acids is 3. The van der Waals surface area contributed by atoms with E-state index in [0.717, 1.165) is 114 Å². The number of rotatable bonds is 11. The normalized spacial score (nSPS) is 19.5. The third-order valence-corrected chi connectivity index (χ3v) is 13.9. The number of ether oxygens (including phenoxy) is 2. The fraction of sp³-hybridized carbons (Fsp3) is 0.521. The average Bonchev–Trinajstić information content (AvgIpc) is 3.37. The van der Waals surface area contributed by atoms with Crippen LogP contribution in [-0.4, -0.2) is 150 Å². The van der Waals surface area contributed by atoms with E-state index >= 15 is 0 Å². The van der Waals surface area contributed by atoms with Gasteiger partial charge in [-0.2, -0.15) is 0 Å². The highest BCUT2D eigenvalue weighted by Crippen LogP contribution is 2.31. The second-order valence-corrected chi connectivity index (χ2v) is 19.0. The second kappa shape index (κ2) is 26.0. The number of nitrogen functional groups attached to an aromatic ring is 2. The van der Waals surface area contributed by atoms with E-state index in [1.807, 2.05) is 41.3 Å². The summed E-state index contributed by atoms with van der Waals surface area (Å²) in [6, 6.07) is 17.4. The van der Waals surface area contributed by atoms with Gasteiger partial charge in [-0.1, -0.05) is 84.5 Å². The molecule has 6 heterocycles. The van der Waals surface area contributed by atoms with E-state index in [4.69, 9.17) is 62.6 Å². The highest BCUT2D eigenvalue weighted by Gasteiger charge is 2.35. The van der Waals surface area contributed by atoms with Gasteiger partial charge in [0.05, 0.1) is 14.2 Å². The van der Waals surface area contributed by atoms with E-state index in [1.54, 1.807) is 0 Å². The van der Waals surface area contributed by atoms with Crippen LogP contribution in [0.3, 0.4) is 0 Å². The van der Waals surface area contributed by atoms with Crippen LogP contribution in [0.2, 0.25) is 20.4 Å². The van der Waals surface area contributed by atoms with Crippen molar-refractivity contribution >= 4 is 87.4 Å². The number of nitrogens with one attached hydrogen (secondary N) is 1. The van der Waals surface area contributed by atoms with Gasteiger partial charge >= 0.3 is 11.9 Å². The molecule has 374 valence electrons. The van der Waals surface area contributed by atoms with Crippen molar-refractivity contribution < 1.29 is 23.9 Å². The number of carbonyl (C=O) groups is 3. The number of methoxy groups -OCH3 is 2. The molecule has 2 aromatic heterocycles. The fourth-order valence-corrected chi connectivity index (χ4v) is 9.74. The van der Waals surface area contributed by atoms with Crippen molar-refractivity contribution in [2.45, 2.75) is 83.6 Å². The van der Waals surface area contributed by atoms with Crippen molar-refractivity contribution in [2.75, 3.05) is 101 Å². The number of anilines is 4. The van der Waals surface area contributed by atoms with Gasteiger partial charge in [0.15, 0.2) is 45.0 Å². The van der Waals surface area contributed by atoms with Gasteiger partial charge in [0.1, 0.15) is 5.78 Å². The summed E-state index contributed by atoms with van der Waals surface area (Å²) in [6.07, 6.45) is 5.76. The molecule has 0 amide bonds. The molecule has 0 unspecified atom stereocenters. The number of esters is 2. The first-order valence-electron chi connectivity index (χ1n) is 23.5. The van der Waals surface area contributed by atoms with Gasteiger partial charge in [-0.05, 0) is 74.2 Å². The summed E-state index contributed by atoms with van der Waals surface area (Å²) in [5, 5.41) is 5.29. The molecular formula is C48H64Cl4N12O5. The van der Waals surface area contributed by atoms with Crippen LogP contribution >= 0.6 is 46.4 Å². The van der Waals surface area contributed by atoms with Gasteiger partial charge < -0.3 is 36.1 Å². The Hall–Kier alpha value is -4.59. The molecule has 0 radical (unpaired) electrons. The summed E-state index contributed by atoms with van der Waals surface area (Å²) in [6.45, 7) is 15.1. The van der Waals surface area contributed by atoms with Gasteiger partial charge in [0, 0.05) is 106 Å². The molecule has 8 rings (SSSR count). The molecule has 2 atom stereocenters. The van der Waals surface area contributed by atoms with Gasteiger partial charge in [-0.25, -0.2) is 29.5 Å². The minimum absolute atomic E-state index is 0.0304. The van der Waals surface area contributed by atoms with E-state index < -0.39 is 11.9 Å². The predicted octanol–water partition coefficient (Wildman–Crippen LogP) is 6.91. The number of likely N-dealkylation sites (tertiary alicyclic amines) is 2. The number of nitrogens with zero attached hydrogens (tertiary/aromatic N) is 9. The Kier molecular flexibility index (Phi) is 20.3. The third kappa shape index (κ3) is 15.0. The number of piperidine rings is 2. The third-order valence-electron chi connectivity index (χ3n) is 12.9. The molecule has 0 saturated carbocycles. The Morgan fingerprint density at radius 2 is 1.13 bits per heavy atom. The summed E-state index contributed by atoms with van der Waals surface area (Å²) >= 11 is 24.4. The Morgan fingerprint density at radius 3 is 1.59 bits per heavy atom. The standard InChI is InChI=1S/C24H32Cl2N6O2.C12H18ClN5O2.C12H14ClNO/c1-3-18-15-31(23-21(26)28-20(22(27)29-23)24(33)34-2)12-13-32(18)19-8-10-30(11-9-19)14-16-4-6-17(25)7-5-16;1-3-7-6-18(5-4-15-7)11-9(13)16-8(10(14)17-11)12(19)20-2;13-11-3-1-10(2-4-11)9-14-7-5-12(15)6-8-14/h4-7,18-19H,3,8-15H2,1-2H3,(H2,27,29);7,15H,3-6H2,1-2H3,(H2,14,17);1-4H,5-9H2/t18-;7-;/m00./s1. The van der Waals surface area contributed by atoms with E-state index in [2.05, 4.69) is 75.6 Å². The van der Waals surface area contributed by atoms with E-state index in [9.17, 15) is 14.4 Å². The molecular weight excluding hydrogens is 966 g/mol. The van der Waals surface area contributed by atoms with Crippen LogP contribution in [0.25, 0.3) is 0 Å². The van der Waals surface area contributed by atoms with E-state index in [1.165, 1.54) is 25.3 Å². The molecule has 0 aliphatic carbocycles. The topological polar surface area (TPSA) is 202 Å². The SMILES string of the molecule is CC[C@H]1CN(c2nc(N)c(C(=O)OC)nc2Cl)CCN1.CC[C@H]1CN(c2nc(N)c(C(=O)OC)nc2Cl)CCN1C1CCN(Cc2ccc(Cl)cc2)CC1.O=C1CCN(Cc2ccc(Cl)cc2)CC1. The molecule has 4 aliphatic rings. The number of aromatic nitrogens is 4. The lowest BCUT2D eigenvalue weighted by Crippen LogP contribution is -2.58. The van der Waals surface area contributed by atoms with Gasteiger partial charge in [-0.3, -0.25) is 19.5 Å². The highest BCUT2D eigenvalue weighted by molar-refractivity contribution is 6.32. The van der Waals surface area contributed by atoms with Crippen molar-refractivity contribution in [1.82, 2.24) is 40.0 Å². The summed E-state index contributed by atoms with van der Waals surface area (Å²) in [7, 11) is 2.53. The number of benzene rings is 2. The van der Waals surface area contributed by atoms with Gasteiger partial charge in [-0.15, -0.1) is 0 Å². The van der Waals surface area contributed by atoms with E-state index in [-0.39, 0.29) is 33.3 Å². The summed E-state index contributed by atoms with van der Waals surface area (Å²) in [5.41, 5.74) is 14.2. The largest absolute Gasteiger partial charge is 0.464 e. The van der Waals surface area contributed by atoms with Crippen LogP contribution in [0.5, 0.6) is 0 Å². The van der Waals surface area contributed by atoms with Gasteiger partial charge in [0.2, 0.25) is 0 Å². The van der Waals surface area contributed by atoms with Gasteiger partial charge in [0.25, 0.3) is 0 Å². The molecule has 21 heteroatoms. The lowest BCUT2D eigenvalue weighted by atomic mass is 9.98. The summed E-state index contributed by atoms with van der Waals surface area (Å²) in [4.78, 5) is 62.8. The van der Waals surface area contributed by atoms with Crippen LogP contribution in [0.4, 0.5) is 23.3 Å². The molecule has 17 nitrogen and oxygen atoms in total. The number of Topliss-reactive ketones (excluding diaryl/α,β-unsaturated/α-hetero) is 1. The van der Waals surface area contributed by atoms with Crippen LogP contribution < -0.4 is 26.6 Å². The molecule has 4 aliphatic heterocycles. The van der Waals surface area contributed by atoms with Crippen LogP contribution in [0.15, 0.2) is 48.5 Å². The zero-order valence-corrected chi connectivity index (χ0v) is 42.8. The van der Waals surface area contributed by atoms with Crippen molar-refractivity contribution in [3.63, 3.8) is 0 Å². The highest BCUT2D eigenvalue weighted by atomic mass is 35.5. The quantitative estimate of drug-likeness (QED) is 0.131. The van der Waals surface area contributed by atoms with Crippen LogP contribution in [0.1, 0.15) is 84.5 Å². The van der Waals surface area contributed by atoms with Crippen molar-refractivity contribution in [2.24, 2.45) is 0 Å². The average molecular weight is 1030 g/mol. The monoisotopic (exact) mass is 1030 g/mol. The minimum Gasteiger partial charge on any atom is -0.464 e. The second-order valence-electron chi connectivity index (χ2n) is 17.5. The summed E-state index contributed by atoms with van der Waals surface area (Å²) < 4.78 is 9.30. The number of piperazine rings is 2. The maximum Gasteiger partial charge on any atom is 0.360 e. The predicted molar refractivity (Wildman–Crippen MR) is 274 cm³/mol. The molecule has 0 bridgehead atoms. The maximum atomic E-state index is 11.8. The number of hydrogen-bond donors (Lipinski definition) is 3. The molecule has 2 aromatic carbocycles. The molecule has 4 saturated heterocycles. The van der Waals surface area contributed by atoms with Crippen molar-refractivity contribution in [3.8, 4) is 0 Å². The Morgan fingerprint density at radius 1 is 0.652 bits per heavy atom. The zero-order chi connectivity index (χ0) is 49.6. The summed E-state index contributed by atoms with van der Waals surface area (Å²) in [5.74, 6) is 0.215. The number of ketones is 1. The molecule has 4 fully saturated rings. The van der Waals surface area contributed by atoms with E-state index in [0.29, 0.717) is 48.4 Å². The molecule has 4 aromatic rings. The molecule has 0 spiro atoms. The van der Waals surface area contributed by atoms with Crippen molar-refractivity contribution in [3.05, 3.63) is 91.4 Å². The Balaban J connectivity index is 0.000000188. The van der Waals surface area contributed by atoms with Crippen LogP contribution in [0, 0.1) is 0 Å². The van der Waals surface area contributed by atoms with Crippen molar-refractivity contribution in [1.29, 1.82) is 0 Å². The molecule has 69 heavy (non-hydrogen) atoms. The molecule has 5 N–H and O–H groups in total. The first-order valence-corrected chi connectivity index (χ1v) is 25.0.